The van der Waals surface area contributed by atoms with Crippen molar-refractivity contribution in [3.05, 3.63) is 77.0 Å². The molecule has 3 aromatic rings. The molecule has 0 aliphatic carbocycles. The molecule has 0 unspecified atom stereocenters. The summed E-state index contributed by atoms with van der Waals surface area (Å²) in [7, 11) is 0. The first-order valence-corrected chi connectivity index (χ1v) is 9.05. The van der Waals surface area contributed by atoms with Gasteiger partial charge in [0.1, 0.15) is 12.1 Å². The van der Waals surface area contributed by atoms with E-state index in [2.05, 4.69) is 16.0 Å². The molecule has 0 aliphatic rings. The van der Waals surface area contributed by atoms with Crippen molar-refractivity contribution in [3.8, 4) is 0 Å². The summed E-state index contributed by atoms with van der Waals surface area (Å²) >= 11 is 5.73. The Labute approximate surface area is 178 Å². The fraction of sp³-hybridized carbons (Fsp3) is 0.100. The lowest BCUT2D eigenvalue weighted by molar-refractivity contribution is -0.137. The third kappa shape index (κ3) is 5.76. The molecule has 3 rings (SSSR count). The molecular weight excluding hydrogens is 442 g/mol. The van der Waals surface area contributed by atoms with E-state index in [9.17, 15) is 27.2 Å². The monoisotopic (exact) mass is 455 g/mol. The minimum absolute atomic E-state index is 0.102. The zero-order valence-corrected chi connectivity index (χ0v) is 16.3. The third-order valence-electron chi connectivity index (χ3n) is 4.01. The summed E-state index contributed by atoms with van der Waals surface area (Å²) in [4.78, 5) is 24.0. The van der Waals surface area contributed by atoms with Crippen LogP contribution in [0.1, 0.15) is 15.9 Å². The van der Waals surface area contributed by atoms with Crippen LogP contribution in [0.3, 0.4) is 0 Å². The van der Waals surface area contributed by atoms with Crippen molar-refractivity contribution in [2.24, 2.45) is 0 Å². The molecule has 0 saturated heterocycles. The molecule has 0 fully saturated rings. The second-order valence-corrected chi connectivity index (χ2v) is 6.69. The van der Waals surface area contributed by atoms with Gasteiger partial charge in [-0.05, 0) is 42.5 Å². The number of carbonyl (C=O) groups is 2. The van der Waals surface area contributed by atoms with E-state index in [0.717, 1.165) is 24.5 Å². The Balaban J connectivity index is 1.72. The molecular formula is C20H14ClF4N3O3. The molecule has 0 atom stereocenters. The standard InChI is InChI=1S/C20H14ClF4N3O3/c21-12-1-3-15(22)17(7-12)28-18(29)9-26-16-4-2-13(8-14(16)20(23,24)25)27-19(30)11-5-6-31-10-11/h1-8,10,26H,9H2,(H,27,30)(H,28,29). The molecule has 162 valence electrons. The van der Waals surface area contributed by atoms with Crippen LogP contribution >= 0.6 is 11.6 Å². The Morgan fingerprint density at radius 2 is 1.77 bits per heavy atom. The van der Waals surface area contributed by atoms with Gasteiger partial charge in [-0.3, -0.25) is 9.59 Å². The van der Waals surface area contributed by atoms with E-state index >= 15 is 0 Å². The first-order chi connectivity index (χ1) is 14.6. The summed E-state index contributed by atoms with van der Waals surface area (Å²) < 4.78 is 58.9. The zero-order chi connectivity index (χ0) is 22.6. The summed E-state index contributed by atoms with van der Waals surface area (Å²) in [6.45, 7) is -0.574. The lowest BCUT2D eigenvalue weighted by Gasteiger charge is -2.16. The van der Waals surface area contributed by atoms with Crippen LogP contribution < -0.4 is 16.0 Å². The molecule has 2 aromatic carbocycles. The van der Waals surface area contributed by atoms with E-state index in [1.54, 1.807) is 0 Å². The molecule has 1 heterocycles. The maximum absolute atomic E-state index is 13.7. The molecule has 0 radical (unpaired) electrons. The predicted octanol–water partition coefficient (Wildman–Crippen LogP) is 5.39. The molecule has 0 saturated carbocycles. The maximum Gasteiger partial charge on any atom is 0.418 e. The summed E-state index contributed by atoms with van der Waals surface area (Å²) in [6, 6.07) is 7.90. The Bertz CT molecular complexity index is 1100. The minimum Gasteiger partial charge on any atom is -0.472 e. The van der Waals surface area contributed by atoms with Crippen molar-refractivity contribution in [2.45, 2.75) is 6.18 Å². The minimum atomic E-state index is -4.77. The van der Waals surface area contributed by atoms with Gasteiger partial charge in [0.15, 0.2) is 0 Å². The molecule has 2 amide bonds. The van der Waals surface area contributed by atoms with Gasteiger partial charge in [-0.15, -0.1) is 0 Å². The molecule has 6 nitrogen and oxygen atoms in total. The number of alkyl halides is 3. The maximum atomic E-state index is 13.7. The van der Waals surface area contributed by atoms with Gasteiger partial charge in [-0.25, -0.2) is 4.39 Å². The number of rotatable bonds is 6. The fourth-order valence-corrected chi connectivity index (χ4v) is 2.74. The normalized spacial score (nSPS) is 11.1. The third-order valence-corrected chi connectivity index (χ3v) is 4.24. The molecule has 0 aliphatic heterocycles. The lowest BCUT2D eigenvalue weighted by atomic mass is 10.1. The van der Waals surface area contributed by atoms with Gasteiger partial charge >= 0.3 is 6.18 Å². The zero-order valence-electron chi connectivity index (χ0n) is 15.5. The quantitative estimate of drug-likeness (QED) is 0.435. The number of furan rings is 1. The molecule has 31 heavy (non-hydrogen) atoms. The number of anilines is 3. The average Bonchev–Trinajstić information content (AvgIpc) is 3.24. The lowest BCUT2D eigenvalue weighted by Crippen LogP contribution is -2.23. The number of hydrogen-bond acceptors (Lipinski definition) is 4. The van der Waals surface area contributed by atoms with Crippen LogP contribution in [0, 0.1) is 5.82 Å². The summed E-state index contributed by atoms with van der Waals surface area (Å²) in [5, 5.41) is 7.10. The van der Waals surface area contributed by atoms with E-state index in [0.29, 0.717) is 0 Å². The van der Waals surface area contributed by atoms with Gasteiger partial charge in [0, 0.05) is 16.4 Å². The van der Waals surface area contributed by atoms with Crippen LogP contribution in [0.15, 0.2) is 59.4 Å². The summed E-state index contributed by atoms with van der Waals surface area (Å²) in [6.07, 6.45) is -2.37. The Kier molecular flexibility index (Phi) is 6.50. The highest BCUT2D eigenvalue weighted by atomic mass is 35.5. The van der Waals surface area contributed by atoms with E-state index in [1.165, 1.54) is 30.5 Å². The number of halogens is 5. The smallest absolute Gasteiger partial charge is 0.418 e. The van der Waals surface area contributed by atoms with Crippen LogP contribution in [0.25, 0.3) is 0 Å². The van der Waals surface area contributed by atoms with Gasteiger partial charge in [-0.2, -0.15) is 13.2 Å². The van der Waals surface area contributed by atoms with E-state index in [1.807, 2.05) is 0 Å². The van der Waals surface area contributed by atoms with Crippen molar-refractivity contribution < 1.29 is 31.6 Å². The van der Waals surface area contributed by atoms with E-state index in [-0.39, 0.29) is 22.0 Å². The van der Waals surface area contributed by atoms with Gasteiger partial charge in [0.2, 0.25) is 5.91 Å². The molecule has 0 spiro atoms. The van der Waals surface area contributed by atoms with Gasteiger partial charge in [-0.1, -0.05) is 11.6 Å². The van der Waals surface area contributed by atoms with Crippen molar-refractivity contribution in [1.29, 1.82) is 0 Å². The van der Waals surface area contributed by atoms with Crippen molar-refractivity contribution in [3.63, 3.8) is 0 Å². The molecule has 0 bridgehead atoms. The van der Waals surface area contributed by atoms with Crippen molar-refractivity contribution >= 4 is 40.5 Å². The molecule has 11 heteroatoms. The second kappa shape index (κ2) is 9.09. The first-order valence-electron chi connectivity index (χ1n) is 8.67. The Morgan fingerprint density at radius 3 is 2.45 bits per heavy atom. The highest BCUT2D eigenvalue weighted by molar-refractivity contribution is 6.30. The number of hydrogen-bond donors (Lipinski definition) is 3. The summed E-state index contributed by atoms with van der Waals surface area (Å²) in [5.74, 6) is -2.18. The van der Waals surface area contributed by atoms with E-state index in [4.69, 9.17) is 16.0 Å². The van der Waals surface area contributed by atoms with Crippen LogP contribution in [0.2, 0.25) is 5.02 Å². The highest BCUT2D eigenvalue weighted by Crippen LogP contribution is 2.36. The van der Waals surface area contributed by atoms with Gasteiger partial charge in [0.25, 0.3) is 5.91 Å². The summed E-state index contributed by atoms with van der Waals surface area (Å²) in [5.41, 5.74) is -1.65. The van der Waals surface area contributed by atoms with Crippen molar-refractivity contribution in [1.82, 2.24) is 0 Å². The van der Waals surface area contributed by atoms with Crippen LogP contribution in [0.4, 0.5) is 34.6 Å². The topological polar surface area (TPSA) is 83.4 Å². The molecule has 1 aromatic heterocycles. The number of carbonyl (C=O) groups excluding carboxylic acids is 2. The average molecular weight is 456 g/mol. The number of nitrogens with one attached hydrogen (secondary N) is 3. The van der Waals surface area contributed by atoms with Crippen molar-refractivity contribution in [2.75, 3.05) is 22.5 Å². The Hall–Kier alpha value is -3.53. The highest BCUT2D eigenvalue weighted by Gasteiger charge is 2.34. The van der Waals surface area contributed by atoms with Gasteiger partial charge < -0.3 is 20.4 Å². The first kappa shape index (κ1) is 22.2. The molecule has 3 N–H and O–H groups in total. The van der Waals surface area contributed by atoms with Gasteiger partial charge in [0.05, 0.1) is 29.6 Å². The van der Waals surface area contributed by atoms with Crippen LogP contribution in [0.5, 0.6) is 0 Å². The largest absolute Gasteiger partial charge is 0.472 e. The van der Waals surface area contributed by atoms with Crippen LogP contribution in [-0.4, -0.2) is 18.4 Å². The number of benzene rings is 2. The van der Waals surface area contributed by atoms with Crippen LogP contribution in [-0.2, 0) is 11.0 Å². The second-order valence-electron chi connectivity index (χ2n) is 6.25. The predicted molar refractivity (Wildman–Crippen MR) is 107 cm³/mol. The van der Waals surface area contributed by atoms with E-state index < -0.39 is 41.6 Å². The Morgan fingerprint density at radius 1 is 1.00 bits per heavy atom. The number of amides is 2. The fourth-order valence-electron chi connectivity index (χ4n) is 2.57. The SMILES string of the molecule is O=C(CNc1ccc(NC(=O)c2ccoc2)cc1C(F)(F)F)Nc1cc(Cl)ccc1F.